The van der Waals surface area contributed by atoms with Crippen molar-refractivity contribution in [3.05, 3.63) is 29.6 Å². The van der Waals surface area contributed by atoms with Crippen LogP contribution < -0.4 is 0 Å². The maximum atomic E-state index is 4.54. The summed E-state index contributed by atoms with van der Waals surface area (Å²) in [7, 11) is 0. The van der Waals surface area contributed by atoms with Crippen LogP contribution in [0.5, 0.6) is 0 Å². The van der Waals surface area contributed by atoms with E-state index in [2.05, 4.69) is 31.0 Å². The molecule has 0 amide bonds. The molecule has 0 saturated heterocycles. The zero-order valence-electron chi connectivity index (χ0n) is 15.8. The first-order chi connectivity index (χ1) is 11.4. The van der Waals surface area contributed by atoms with Crippen molar-refractivity contribution in [2.75, 3.05) is 0 Å². The van der Waals surface area contributed by atoms with Crippen LogP contribution >= 0.6 is 0 Å². The first-order valence-corrected chi connectivity index (χ1v) is 10.3. The fourth-order valence-corrected chi connectivity index (χ4v) is 3.33. The van der Waals surface area contributed by atoms with Crippen molar-refractivity contribution in [2.45, 2.75) is 110 Å². The summed E-state index contributed by atoms with van der Waals surface area (Å²) >= 11 is 0. The van der Waals surface area contributed by atoms with E-state index in [1.165, 1.54) is 101 Å². The molecule has 0 radical (unpaired) electrons. The Morgan fingerprint density at radius 3 is 1.74 bits per heavy atom. The van der Waals surface area contributed by atoms with Gasteiger partial charge in [-0.3, -0.25) is 4.98 Å². The van der Waals surface area contributed by atoms with Crippen LogP contribution in [0, 0.1) is 0 Å². The average molecular weight is 318 g/mol. The van der Waals surface area contributed by atoms with Crippen molar-refractivity contribution < 1.29 is 0 Å². The highest BCUT2D eigenvalue weighted by atomic mass is 14.7. The Morgan fingerprint density at radius 1 is 0.696 bits per heavy atom. The second kappa shape index (κ2) is 14.7. The Kier molecular flexibility index (Phi) is 12.9. The third-order valence-corrected chi connectivity index (χ3v) is 4.88. The third kappa shape index (κ3) is 10.5. The molecule has 1 aromatic heterocycles. The Hall–Kier alpha value is -0.850. The second-order valence-electron chi connectivity index (χ2n) is 6.96. The van der Waals surface area contributed by atoms with Crippen LogP contribution in [0.3, 0.4) is 0 Å². The van der Waals surface area contributed by atoms with E-state index in [0.29, 0.717) is 0 Å². The maximum absolute atomic E-state index is 4.54. The molecule has 0 bridgehead atoms. The fourth-order valence-electron chi connectivity index (χ4n) is 3.33. The molecule has 0 aromatic carbocycles. The Labute approximate surface area is 145 Å². The SMILES string of the molecule is CCCCCCCCCCCCCCCc1ncccc1CC. The van der Waals surface area contributed by atoms with Gasteiger partial charge in [-0.15, -0.1) is 0 Å². The predicted octanol–water partition coefficient (Wildman–Crippen LogP) is 7.28. The van der Waals surface area contributed by atoms with Crippen molar-refractivity contribution in [3.63, 3.8) is 0 Å². The first kappa shape index (κ1) is 20.2. The smallest absolute Gasteiger partial charge is 0.0435 e. The molecular formula is C22H39N. The van der Waals surface area contributed by atoms with Crippen molar-refractivity contribution in [2.24, 2.45) is 0 Å². The molecule has 0 fully saturated rings. The molecule has 0 atom stereocenters. The van der Waals surface area contributed by atoms with Crippen molar-refractivity contribution in [3.8, 4) is 0 Å². The monoisotopic (exact) mass is 317 g/mol. The number of aryl methyl sites for hydroxylation is 2. The molecule has 0 spiro atoms. The van der Waals surface area contributed by atoms with Crippen LogP contribution in [0.4, 0.5) is 0 Å². The van der Waals surface area contributed by atoms with Crippen LogP contribution in [-0.2, 0) is 12.8 Å². The lowest BCUT2D eigenvalue weighted by Crippen LogP contribution is -1.96. The highest BCUT2D eigenvalue weighted by molar-refractivity contribution is 5.19. The van der Waals surface area contributed by atoms with E-state index in [9.17, 15) is 0 Å². The zero-order chi connectivity index (χ0) is 16.6. The average Bonchev–Trinajstić information content (AvgIpc) is 2.59. The van der Waals surface area contributed by atoms with Gasteiger partial charge < -0.3 is 0 Å². The van der Waals surface area contributed by atoms with E-state index in [1.54, 1.807) is 0 Å². The molecule has 23 heavy (non-hydrogen) atoms. The van der Waals surface area contributed by atoms with E-state index in [0.717, 1.165) is 6.42 Å². The maximum Gasteiger partial charge on any atom is 0.0435 e. The molecule has 0 saturated carbocycles. The van der Waals surface area contributed by atoms with Gasteiger partial charge in [0.25, 0.3) is 0 Å². The summed E-state index contributed by atoms with van der Waals surface area (Å²) in [4.78, 5) is 4.54. The minimum absolute atomic E-state index is 1.11. The topological polar surface area (TPSA) is 12.9 Å². The molecule has 0 aliphatic heterocycles. The van der Waals surface area contributed by atoms with Crippen molar-refractivity contribution in [1.29, 1.82) is 0 Å². The van der Waals surface area contributed by atoms with Crippen LogP contribution in [0.25, 0.3) is 0 Å². The van der Waals surface area contributed by atoms with Gasteiger partial charge in [0.15, 0.2) is 0 Å². The van der Waals surface area contributed by atoms with E-state index in [4.69, 9.17) is 0 Å². The van der Waals surface area contributed by atoms with Gasteiger partial charge >= 0.3 is 0 Å². The number of pyridine rings is 1. The van der Waals surface area contributed by atoms with E-state index >= 15 is 0 Å². The lowest BCUT2D eigenvalue weighted by atomic mass is 10.0. The van der Waals surface area contributed by atoms with Gasteiger partial charge in [-0.2, -0.15) is 0 Å². The fraction of sp³-hybridized carbons (Fsp3) is 0.773. The summed E-state index contributed by atoms with van der Waals surface area (Å²) in [5.74, 6) is 0. The van der Waals surface area contributed by atoms with Gasteiger partial charge in [-0.25, -0.2) is 0 Å². The van der Waals surface area contributed by atoms with Gasteiger partial charge in [0, 0.05) is 11.9 Å². The number of rotatable bonds is 15. The Morgan fingerprint density at radius 2 is 1.22 bits per heavy atom. The lowest BCUT2D eigenvalue weighted by molar-refractivity contribution is 0.538. The third-order valence-electron chi connectivity index (χ3n) is 4.88. The number of nitrogens with zero attached hydrogens (tertiary/aromatic N) is 1. The molecule has 0 unspecified atom stereocenters. The van der Waals surface area contributed by atoms with Gasteiger partial charge in [0.1, 0.15) is 0 Å². The molecule has 132 valence electrons. The summed E-state index contributed by atoms with van der Waals surface area (Å²) in [5, 5.41) is 0. The molecule has 1 heteroatoms. The normalized spacial score (nSPS) is 11.0. The molecule has 1 heterocycles. The van der Waals surface area contributed by atoms with E-state index in [1.807, 2.05) is 6.20 Å². The van der Waals surface area contributed by atoms with E-state index in [-0.39, 0.29) is 0 Å². The van der Waals surface area contributed by atoms with E-state index < -0.39 is 0 Å². The molecule has 1 nitrogen and oxygen atoms in total. The van der Waals surface area contributed by atoms with Gasteiger partial charge in [-0.1, -0.05) is 97.0 Å². The highest BCUT2D eigenvalue weighted by Gasteiger charge is 2.01. The summed E-state index contributed by atoms with van der Waals surface area (Å²) in [6.45, 7) is 4.52. The van der Waals surface area contributed by atoms with Crippen LogP contribution in [0.2, 0.25) is 0 Å². The van der Waals surface area contributed by atoms with Gasteiger partial charge in [-0.05, 0) is 30.9 Å². The van der Waals surface area contributed by atoms with Crippen molar-refractivity contribution >= 4 is 0 Å². The molecular weight excluding hydrogens is 278 g/mol. The minimum Gasteiger partial charge on any atom is -0.261 e. The second-order valence-corrected chi connectivity index (χ2v) is 6.96. The number of hydrogen-bond donors (Lipinski definition) is 0. The molecule has 0 aliphatic rings. The number of hydrogen-bond acceptors (Lipinski definition) is 1. The quantitative estimate of drug-likeness (QED) is 0.310. The number of unbranched alkanes of at least 4 members (excludes halogenated alkanes) is 12. The molecule has 1 rings (SSSR count). The van der Waals surface area contributed by atoms with Gasteiger partial charge in [0.2, 0.25) is 0 Å². The predicted molar refractivity (Wildman–Crippen MR) is 103 cm³/mol. The lowest BCUT2D eigenvalue weighted by Gasteiger charge is -2.06. The molecule has 0 aliphatic carbocycles. The van der Waals surface area contributed by atoms with Gasteiger partial charge in [0.05, 0.1) is 0 Å². The summed E-state index contributed by atoms with van der Waals surface area (Å²) in [6.07, 6.45) is 22.7. The van der Waals surface area contributed by atoms with Crippen LogP contribution in [0.15, 0.2) is 18.3 Å². The highest BCUT2D eigenvalue weighted by Crippen LogP contribution is 2.14. The van der Waals surface area contributed by atoms with Crippen LogP contribution in [-0.4, -0.2) is 4.98 Å². The van der Waals surface area contributed by atoms with Crippen molar-refractivity contribution in [1.82, 2.24) is 4.98 Å². The van der Waals surface area contributed by atoms with Crippen LogP contribution in [0.1, 0.15) is 109 Å². The zero-order valence-corrected chi connectivity index (χ0v) is 15.8. The Bertz CT molecular complexity index is 372. The molecule has 1 aromatic rings. The largest absolute Gasteiger partial charge is 0.261 e. The first-order valence-electron chi connectivity index (χ1n) is 10.3. The Balaban J connectivity index is 1.86. The summed E-state index contributed by atoms with van der Waals surface area (Å²) in [6, 6.07) is 4.29. The number of aromatic nitrogens is 1. The summed E-state index contributed by atoms with van der Waals surface area (Å²) < 4.78 is 0. The molecule has 0 N–H and O–H groups in total. The summed E-state index contributed by atoms with van der Waals surface area (Å²) in [5.41, 5.74) is 2.77. The standard InChI is InChI=1S/C22H39N/c1-3-5-6-7-8-9-10-11-12-13-14-15-16-19-22-21(4-2)18-17-20-23-22/h17-18,20H,3-16,19H2,1-2H3. The minimum atomic E-state index is 1.11.